The monoisotopic (exact) mass is 446 g/mol. The Morgan fingerprint density at radius 2 is 1.38 bits per heavy atom. The van der Waals surface area contributed by atoms with E-state index in [0.29, 0.717) is 5.56 Å². The minimum absolute atomic E-state index is 0.125. The van der Waals surface area contributed by atoms with E-state index in [1.165, 1.54) is 32.9 Å². The van der Waals surface area contributed by atoms with Gasteiger partial charge >= 0.3 is 11.9 Å². The number of hydrogen-bond donors (Lipinski definition) is 2. The van der Waals surface area contributed by atoms with E-state index in [1.807, 2.05) is 0 Å². The molecule has 0 aliphatic rings. The molecule has 170 valence electrons. The van der Waals surface area contributed by atoms with Gasteiger partial charge < -0.3 is 19.7 Å². The molecule has 2 aromatic carbocycles. The molecular formula is C23H23FO8. The van der Waals surface area contributed by atoms with Crippen molar-refractivity contribution in [1.82, 2.24) is 0 Å². The maximum absolute atomic E-state index is 13.1. The Balaban J connectivity index is 2.70. The molecule has 0 unspecified atom stereocenters. The quantitative estimate of drug-likeness (QED) is 0.255. The molecule has 0 saturated heterocycles. The lowest BCUT2D eigenvalue weighted by atomic mass is 9.91. The lowest BCUT2D eigenvalue weighted by Crippen LogP contribution is -2.20. The highest BCUT2D eigenvalue weighted by Crippen LogP contribution is 2.45. The molecule has 0 bridgehead atoms. The Kier molecular flexibility index (Phi) is 8.06. The largest absolute Gasteiger partial charge is 0.504 e. The summed E-state index contributed by atoms with van der Waals surface area (Å²) < 4.78 is 23.3. The Morgan fingerprint density at radius 1 is 0.812 bits per heavy atom. The van der Waals surface area contributed by atoms with Gasteiger partial charge in [0.1, 0.15) is 12.4 Å². The highest BCUT2D eigenvalue weighted by Gasteiger charge is 2.35. The van der Waals surface area contributed by atoms with Crippen LogP contribution in [0.5, 0.6) is 17.2 Å². The van der Waals surface area contributed by atoms with Crippen molar-refractivity contribution in [2.24, 2.45) is 0 Å². The molecule has 32 heavy (non-hydrogen) atoms. The number of phenols is 2. The molecule has 0 fully saturated rings. The van der Waals surface area contributed by atoms with E-state index in [9.17, 15) is 33.8 Å². The molecule has 8 nitrogen and oxygen atoms in total. The molecule has 0 aliphatic carbocycles. The van der Waals surface area contributed by atoms with Crippen LogP contribution in [0.15, 0.2) is 24.3 Å². The van der Waals surface area contributed by atoms with Crippen molar-refractivity contribution in [2.45, 2.75) is 46.6 Å². The zero-order valence-corrected chi connectivity index (χ0v) is 17.9. The summed E-state index contributed by atoms with van der Waals surface area (Å²) in [6.45, 7) is 4.06. The number of aromatic hydroxyl groups is 2. The van der Waals surface area contributed by atoms with Gasteiger partial charge in [-0.1, -0.05) is 32.9 Å². The van der Waals surface area contributed by atoms with Gasteiger partial charge in [0.15, 0.2) is 23.1 Å². The number of rotatable bonds is 9. The number of halogens is 1. The number of carbonyl (C=O) groups is 4. The third kappa shape index (κ3) is 5.11. The molecule has 2 aromatic rings. The van der Waals surface area contributed by atoms with Gasteiger partial charge in [0.2, 0.25) is 5.75 Å². The fourth-order valence-electron chi connectivity index (χ4n) is 2.88. The third-order valence-corrected chi connectivity index (χ3v) is 4.60. The number of carbonyl (C=O) groups excluding carboxylic acids is 4. The summed E-state index contributed by atoms with van der Waals surface area (Å²) in [4.78, 5) is 50.1. The second kappa shape index (κ2) is 10.5. The van der Waals surface area contributed by atoms with Crippen molar-refractivity contribution in [2.75, 3.05) is 0 Å². The molecule has 0 aromatic heterocycles. The number of hydrogen-bond acceptors (Lipinski definition) is 8. The molecule has 0 amide bonds. The van der Waals surface area contributed by atoms with Gasteiger partial charge in [-0.2, -0.15) is 0 Å². The Labute approximate surface area is 183 Å². The van der Waals surface area contributed by atoms with E-state index in [0.717, 1.165) is 12.1 Å². The lowest BCUT2D eigenvalue weighted by molar-refractivity contribution is -0.134. The molecule has 2 N–H and O–H groups in total. The first-order valence-electron chi connectivity index (χ1n) is 9.96. The van der Waals surface area contributed by atoms with E-state index >= 15 is 0 Å². The van der Waals surface area contributed by atoms with Crippen LogP contribution >= 0.6 is 0 Å². The van der Waals surface area contributed by atoms with Gasteiger partial charge in [-0.05, 0) is 17.7 Å². The molecule has 9 heteroatoms. The molecular weight excluding hydrogens is 423 g/mol. The van der Waals surface area contributed by atoms with E-state index in [1.54, 1.807) is 0 Å². The van der Waals surface area contributed by atoms with Crippen molar-refractivity contribution in [1.29, 1.82) is 0 Å². The normalized spacial score (nSPS) is 10.5. The summed E-state index contributed by atoms with van der Waals surface area (Å²) in [7, 11) is 0. The first-order chi connectivity index (χ1) is 15.2. The standard InChI is InChI=1S/C23H23FO8/c1-4-14(25)17-19(23(30)31-11-12-7-9-13(24)10-8-12)18(15(26)5-2)22(21(29)20(17)28)32-16(27)6-3/h7-10,28-29H,4-6,11H2,1-3H3. The number of Topliss-reactive ketones (excluding diaryl/α,β-unsaturated/α-hetero) is 2. The Morgan fingerprint density at radius 3 is 1.91 bits per heavy atom. The Hall–Kier alpha value is -3.75. The van der Waals surface area contributed by atoms with Crippen molar-refractivity contribution in [3.8, 4) is 17.2 Å². The van der Waals surface area contributed by atoms with Gasteiger partial charge in [-0.25, -0.2) is 9.18 Å². The first-order valence-corrected chi connectivity index (χ1v) is 9.96. The average molecular weight is 446 g/mol. The highest BCUT2D eigenvalue weighted by molar-refractivity contribution is 6.17. The highest BCUT2D eigenvalue weighted by atomic mass is 19.1. The van der Waals surface area contributed by atoms with Crippen LogP contribution < -0.4 is 4.74 Å². The van der Waals surface area contributed by atoms with Crippen LogP contribution in [0.1, 0.15) is 76.7 Å². The smallest absolute Gasteiger partial charge is 0.340 e. The van der Waals surface area contributed by atoms with Crippen molar-refractivity contribution in [3.05, 3.63) is 52.3 Å². The van der Waals surface area contributed by atoms with Crippen LogP contribution in [0.2, 0.25) is 0 Å². The second-order valence-electron chi connectivity index (χ2n) is 6.74. The predicted octanol–water partition coefficient (Wildman–Crippen LogP) is 4.09. The predicted molar refractivity (Wildman–Crippen MR) is 110 cm³/mol. The van der Waals surface area contributed by atoms with Gasteiger partial charge in [0.05, 0.1) is 16.7 Å². The number of phenolic OH excluding ortho intramolecular Hbond substituents is 2. The van der Waals surface area contributed by atoms with Crippen LogP contribution in [0.4, 0.5) is 4.39 Å². The molecule has 0 spiro atoms. The number of ether oxygens (including phenoxy) is 2. The topological polar surface area (TPSA) is 127 Å². The Bertz CT molecular complexity index is 1060. The van der Waals surface area contributed by atoms with Gasteiger partial charge in [-0.3, -0.25) is 14.4 Å². The van der Waals surface area contributed by atoms with Crippen LogP contribution in [-0.2, 0) is 16.1 Å². The van der Waals surface area contributed by atoms with E-state index in [2.05, 4.69) is 0 Å². The number of esters is 2. The fourth-order valence-corrected chi connectivity index (χ4v) is 2.88. The molecule has 0 saturated carbocycles. The third-order valence-electron chi connectivity index (χ3n) is 4.60. The molecule has 0 heterocycles. The van der Waals surface area contributed by atoms with Gasteiger partial charge in [-0.15, -0.1) is 0 Å². The SMILES string of the molecule is CCC(=O)Oc1c(O)c(O)c(C(=O)CC)c(C(=O)OCc2ccc(F)cc2)c1C(=O)CC. The summed E-state index contributed by atoms with van der Waals surface area (Å²) in [5, 5.41) is 20.9. The first kappa shape index (κ1) is 24.5. The molecule has 0 atom stereocenters. The minimum Gasteiger partial charge on any atom is -0.504 e. The van der Waals surface area contributed by atoms with Crippen molar-refractivity contribution in [3.63, 3.8) is 0 Å². The zero-order valence-electron chi connectivity index (χ0n) is 17.9. The van der Waals surface area contributed by atoms with Gasteiger partial charge in [0, 0.05) is 19.3 Å². The maximum atomic E-state index is 13.1. The lowest BCUT2D eigenvalue weighted by Gasteiger charge is -2.19. The summed E-state index contributed by atoms with van der Waals surface area (Å²) >= 11 is 0. The van der Waals surface area contributed by atoms with Crippen LogP contribution in [0, 0.1) is 5.82 Å². The van der Waals surface area contributed by atoms with Crippen LogP contribution in [-0.4, -0.2) is 33.7 Å². The van der Waals surface area contributed by atoms with E-state index in [4.69, 9.17) is 9.47 Å². The number of ketones is 2. The van der Waals surface area contributed by atoms with Crippen LogP contribution in [0.25, 0.3) is 0 Å². The maximum Gasteiger partial charge on any atom is 0.340 e. The molecule has 2 rings (SSSR count). The van der Waals surface area contributed by atoms with Crippen molar-refractivity contribution < 1.29 is 43.3 Å². The van der Waals surface area contributed by atoms with Crippen LogP contribution in [0.3, 0.4) is 0 Å². The second-order valence-corrected chi connectivity index (χ2v) is 6.74. The van der Waals surface area contributed by atoms with E-state index in [-0.39, 0.29) is 25.9 Å². The fraction of sp³-hybridized carbons (Fsp3) is 0.304. The average Bonchev–Trinajstić information content (AvgIpc) is 2.80. The molecule has 0 aliphatic heterocycles. The number of benzene rings is 2. The summed E-state index contributed by atoms with van der Waals surface area (Å²) in [6, 6.07) is 5.08. The summed E-state index contributed by atoms with van der Waals surface area (Å²) in [5.41, 5.74) is -1.33. The van der Waals surface area contributed by atoms with Crippen molar-refractivity contribution >= 4 is 23.5 Å². The molecule has 0 radical (unpaired) electrons. The van der Waals surface area contributed by atoms with Gasteiger partial charge in [0.25, 0.3) is 0 Å². The summed E-state index contributed by atoms with van der Waals surface area (Å²) in [6.07, 6.45) is -0.460. The van der Waals surface area contributed by atoms with E-state index < -0.39 is 63.3 Å². The summed E-state index contributed by atoms with van der Waals surface area (Å²) in [5.74, 6) is -6.69. The minimum atomic E-state index is -1.16. The zero-order chi connectivity index (χ0) is 24.0.